The largest absolute Gasteiger partial charge is 0.478 e. The zero-order valence-electron chi connectivity index (χ0n) is 12.5. The van der Waals surface area contributed by atoms with E-state index in [-0.39, 0.29) is 6.10 Å². The maximum absolute atomic E-state index is 11.4. The lowest BCUT2D eigenvalue weighted by Gasteiger charge is -2.27. The van der Waals surface area contributed by atoms with Crippen molar-refractivity contribution in [2.75, 3.05) is 13.7 Å². The van der Waals surface area contributed by atoms with Gasteiger partial charge in [-0.1, -0.05) is 30.3 Å². The molecule has 1 heterocycles. The molecular weight excluding hydrogens is 266 g/mol. The highest BCUT2D eigenvalue weighted by atomic mass is 16.5. The number of rotatable bonds is 4. The molecule has 1 atom stereocenters. The van der Waals surface area contributed by atoms with E-state index >= 15 is 0 Å². The number of methoxy groups -OCH3 is 1. The molecule has 4 heteroatoms. The molecule has 2 rings (SSSR count). The average Bonchev–Trinajstić information content (AvgIpc) is 2.46. The third-order valence-corrected chi connectivity index (χ3v) is 3.65. The Kier molecular flexibility index (Phi) is 5.17. The van der Waals surface area contributed by atoms with Gasteiger partial charge < -0.3 is 14.7 Å². The van der Waals surface area contributed by atoms with Crippen LogP contribution in [-0.2, 0) is 16.1 Å². The molecule has 1 unspecified atom stereocenters. The van der Waals surface area contributed by atoms with Crippen LogP contribution in [0.1, 0.15) is 18.9 Å². The van der Waals surface area contributed by atoms with Crippen LogP contribution in [0.4, 0.5) is 0 Å². The van der Waals surface area contributed by atoms with Crippen molar-refractivity contribution in [2.45, 2.75) is 26.0 Å². The van der Waals surface area contributed by atoms with Crippen molar-refractivity contribution in [3.05, 3.63) is 59.3 Å². The summed E-state index contributed by atoms with van der Waals surface area (Å²) >= 11 is 0. The Bertz CT molecular complexity index is 548. The van der Waals surface area contributed by atoms with E-state index in [9.17, 15) is 9.90 Å². The Hall–Kier alpha value is -2.07. The Balaban J connectivity index is 2.25. The van der Waals surface area contributed by atoms with Crippen molar-refractivity contribution in [2.24, 2.45) is 0 Å². The van der Waals surface area contributed by atoms with Crippen LogP contribution in [0.5, 0.6) is 0 Å². The second kappa shape index (κ2) is 7.09. The zero-order chi connectivity index (χ0) is 15.2. The topological polar surface area (TPSA) is 49.8 Å². The number of benzene rings is 1. The minimum atomic E-state index is -0.913. The number of hydrogen-bond acceptors (Lipinski definition) is 3. The predicted octanol–water partition coefficient (Wildman–Crippen LogP) is 2.82. The molecule has 4 nitrogen and oxygen atoms in total. The van der Waals surface area contributed by atoms with Crippen molar-refractivity contribution in [3.63, 3.8) is 0 Å². The summed E-state index contributed by atoms with van der Waals surface area (Å²) in [6, 6.07) is 10.0. The number of carboxylic acids is 1. The highest BCUT2D eigenvalue weighted by molar-refractivity contribution is 5.89. The second-order valence-corrected chi connectivity index (χ2v) is 5.25. The summed E-state index contributed by atoms with van der Waals surface area (Å²) in [4.78, 5) is 13.4. The second-order valence-electron chi connectivity index (χ2n) is 5.25. The lowest BCUT2D eigenvalue weighted by molar-refractivity contribution is -0.132. The number of aliphatic carboxylic acids is 1. The van der Waals surface area contributed by atoms with Gasteiger partial charge in [-0.25, -0.2) is 4.79 Å². The standard InChI is InChI=1S/C17H21NO3/c1-13-10-15(17(19)20)12-18(9-8-16(13)21-2)11-14-6-4-3-5-7-14/h3-7,10,12,16H,8-9,11H2,1-2H3,(H,19,20)/b13-10-,15-12+. The van der Waals surface area contributed by atoms with E-state index < -0.39 is 5.97 Å². The van der Waals surface area contributed by atoms with Gasteiger partial charge in [-0.05, 0) is 30.6 Å². The maximum Gasteiger partial charge on any atom is 0.337 e. The van der Waals surface area contributed by atoms with Crippen LogP contribution in [-0.4, -0.2) is 35.7 Å². The van der Waals surface area contributed by atoms with E-state index in [1.165, 1.54) is 0 Å². The monoisotopic (exact) mass is 287 g/mol. The quantitative estimate of drug-likeness (QED) is 0.925. The summed E-state index contributed by atoms with van der Waals surface area (Å²) in [6.07, 6.45) is 4.24. The number of nitrogens with zero attached hydrogens (tertiary/aromatic N) is 1. The Morgan fingerprint density at radius 2 is 2.10 bits per heavy atom. The maximum atomic E-state index is 11.4. The molecule has 1 aliphatic heterocycles. The number of hydrogen-bond donors (Lipinski definition) is 1. The van der Waals surface area contributed by atoms with Gasteiger partial charge >= 0.3 is 5.97 Å². The van der Waals surface area contributed by atoms with Gasteiger partial charge in [-0.15, -0.1) is 0 Å². The first-order valence-electron chi connectivity index (χ1n) is 7.04. The van der Waals surface area contributed by atoms with Crippen molar-refractivity contribution >= 4 is 5.97 Å². The van der Waals surface area contributed by atoms with Gasteiger partial charge in [0.25, 0.3) is 0 Å². The Morgan fingerprint density at radius 3 is 2.71 bits per heavy atom. The predicted molar refractivity (Wildman–Crippen MR) is 81.7 cm³/mol. The zero-order valence-corrected chi connectivity index (χ0v) is 12.5. The molecule has 1 aliphatic rings. The molecule has 0 spiro atoms. The van der Waals surface area contributed by atoms with Crippen LogP contribution in [0, 0.1) is 0 Å². The summed E-state index contributed by atoms with van der Waals surface area (Å²) in [7, 11) is 1.66. The van der Waals surface area contributed by atoms with Crippen LogP contribution >= 0.6 is 0 Å². The lowest BCUT2D eigenvalue weighted by Crippen LogP contribution is -2.27. The van der Waals surface area contributed by atoms with E-state index in [0.29, 0.717) is 12.1 Å². The summed E-state index contributed by atoms with van der Waals surface area (Å²) in [5.74, 6) is -0.913. The normalized spacial score (nSPS) is 24.3. The SMILES string of the molecule is COC1CCN(Cc2ccccc2)/C=C(C(=O)O)\C=C/1C. The van der Waals surface area contributed by atoms with Crippen molar-refractivity contribution in [3.8, 4) is 0 Å². The smallest absolute Gasteiger partial charge is 0.337 e. The molecule has 0 aliphatic carbocycles. The van der Waals surface area contributed by atoms with Gasteiger partial charge in [-0.3, -0.25) is 0 Å². The molecule has 112 valence electrons. The van der Waals surface area contributed by atoms with E-state index in [4.69, 9.17) is 4.74 Å². The average molecular weight is 287 g/mol. The molecule has 0 aromatic heterocycles. The Morgan fingerprint density at radius 1 is 1.38 bits per heavy atom. The number of carboxylic acid groups (broad SMARTS) is 1. The summed E-state index contributed by atoms with van der Waals surface area (Å²) < 4.78 is 5.45. The van der Waals surface area contributed by atoms with Gasteiger partial charge in [0.05, 0.1) is 11.7 Å². The van der Waals surface area contributed by atoms with Crippen LogP contribution in [0.2, 0.25) is 0 Å². The molecule has 0 fully saturated rings. The number of ether oxygens (including phenoxy) is 1. The minimum absolute atomic E-state index is 0.0358. The van der Waals surface area contributed by atoms with E-state index in [1.807, 2.05) is 42.2 Å². The van der Waals surface area contributed by atoms with Gasteiger partial charge in [0, 0.05) is 26.4 Å². The van der Waals surface area contributed by atoms with Crippen LogP contribution in [0.3, 0.4) is 0 Å². The van der Waals surface area contributed by atoms with Crippen molar-refractivity contribution in [1.29, 1.82) is 0 Å². The van der Waals surface area contributed by atoms with Crippen LogP contribution in [0.15, 0.2) is 53.8 Å². The summed E-state index contributed by atoms with van der Waals surface area (Å²) in [5, 5.41) is 9.34. The summed E-state index contributed by atoms with van der Waals surface area (Å²) in [5.41, 5.74) is 2.41. The first kappa shape index (κ1) is 15.3. The van der Waals surface area contributed by atoms with Crippen molar-refractivity contribution in [1.82, 2.24) is 4.90 Å². The molecule has 1 aromatic rings. The summed E-state index contributed by atoms with van der Waals surface area (Å²) in [6.45, 7) is 3.37. The molecule has 1 N–H and O–H groups in total. The third-order valence-electron chi connectivity index (χ3n) is 3.65. The van der Waals surface area contributed by atoms with Gasteiger partial charge in [-0.2, -0.15) is 0 Å². The molecule has 0 radical (unpaired) electrons. The highest BCUT2D eigenvalue weighted by Gasteiger charge is 2.18. The van der Waals surface area contributed by atoms with Gasteiger partial charge in [0.15, 0.2) is 0 Å². The molecule has 0 bridgehead atoms. The first-order valence-corrected chi connectivity index (χ1v) is 7.04. The molecule has 0 amide bonds. The van der Waals surface area contributed by atoms with Gasteiger partial charge in [0.2, 0.25) is 0 Å². The molecular formula is C17H21NO3. The fourth-order valence-corrected chi connectivity index (χ4v) is 2.51. The minimum Gasteiger partial charge on any atom is -0.478 e. The highest BCUT2D eigenvalue weighted by Crippen LogP contribution is 2.19. The third kappa shape index (κ3) is 4.20. The number of carbonyl (C=O) groups is 1. The van der Waals surface area contributed by atoms with Gasteiger partial charge in [0.1, 0.15) is 0 Å². The Labute approximate surface area is 125 Å². The van der Waals surface area contributed by atoms with Crippen LogP contribution in [0.25, 0.3) is 0 Å². The molecule has 21 heavy (non-hydrogen) atoms. The van der Waals surface area contributed by atoms with E-state index in [1.54, 1.807) is 19.4 Å². The van der Waals surface area contributed by atoms with Crippen molar-refractivity contribution < 1.29 is 14.6 Å². The first-order chi connectivity index (χ1) is 10.1. The molecule has 0 saturated carbocycles. The molecule has 1 aromatic carbocycles. The van der Waals surface area contributed by atoms with E-state index in [0.717, 1.165) is 24.1 Å². The fourth-order valence-electron chi connectivity index (χ4n) is 2.51. The molecule has 0 saturated heterocycles. The lowest BCUT2D eigenvalue weighted by atomic mass is 10.0. The van der Waals surface area contributed by atoms with Crippen LogP contribution < -0.4 is 0 Å². The fraction of sp³-hybridized carbons (Fsp3) is 0.353. The van der Waals surface area contributed by atoms with E-state index in [2.05, 4.69) is 0 Å².